The van der Waals surface area contributed by atoms with Crippen molar-refractivity contribution in [2.45, 2.75) is 44.7 Å². The molecule has 0 aromatic heterocycles. The highest BCUT2D eigenvalue weighted by molar-refractivity contribution is 7.01. The van der Waals surface area contributed by atoms with Gasteiger partial charge in [0.1, 0.15) is 8.07 Å². The number of hydrogen-bond donors (Lipinski definition) is 0. The van der Waals surface area contributed by atoms with Gasteiger partial charge in [-0.3, -0.25) is 0 Å². The largest absolute Gasteiger partial charge is 0.115 e. The first-order valence-corrected chi connectivity index (χ1v) is 12.1. The zero-order chi connectivity index (χ0) is 15.7. The molecule has 3 atom stereocenters. The molecule has 0 radical (unpaired) electrons. The van der Waals surface area contributed by atoms with Gasteiger partial charge in [-0.25, -0.2) is 0 Å². The Bertz CT molecular complexity index is 594. The van der Waals surface area contributed by atoms with Crippen molar-refractivity contribution in [3.63, 3.8) is 0 Å². The van der Waals surface area contributed by atoms with E-state index in [1.165, 1.54) is 31.7 Å². The van der Waals surface area contributed by atoms with Gasteiger partial charge < -0.3 is 0 Å². The second kappa shape index (κ2) is 6.28. The first kappa shape index (κ1) is 15.2. The number of hydrogen-bond acceptors (Lipinski definition) is 0. The molecule has 0 N–H and O–H groups in total. The average Bonchev–Trinajstić information content (AvgIpc) is 3.40. The third-order valence-electron chi connectivity index (χ3n) is 6.53. The molecule has 0 amide bonds. The van der Waals surface area contributed by atoms with E-state index in [0.29, 0.717) is 0 Å². The van der Waals surface area contributed by atoms with Crippen LogP contribution in [0, 0.1) is 17.8 Å². The molecule has 4 rings (SSSR count). The van der Waals surface area contributed by atoms with Crippen LogP contribution >= 0.6 is 0 Å². The van der Waals surface area contributed by atoms with Crippen LogP contribution in [-0.4, -0.2) is 8.07 Å². The van der Waals surface area contributed by atoms with Crippen molar-refractivity contribution < 1.29 is 0 Å². The molecule has 0 saturated heterocycles. The first-order valence-electron chi connectivity index (χ1n) is 9.37. The molecule has 0 bridgehead atoms. The zero-order valence-electron chi connectivity index (χ0n) is 14.2. The van der Waals surface area contributed by atoms with Crippen LogP contribution in [0.5, 0.6) is 0 Å². The molecule has 2 aromatic rings. The van der Waals surface area contributed by atoms with E-state index in [0.717, 1.165) is 17.8 Å². The molecule has 2 aromatic carbocycles. The van der Waals surface area contributed by atoms with Crippen molar-refractivity contribution >= 4 is 18.4 Å². The predicted octanol–water partition coefficient (Wildman–Crippen LogP) is 4.71. The SMILES string of the molecule is C[Si](CCC1CCC2CC2C1)(c1ccccc1)c1ccccc1. The monoisotopic (exact) mass is 320 g/mol. The Morgan fingerprint density at radius 3 is 1.96 bits per heavy atom. The second-order valence-electron chi connectivity index (χ2n) is 8.04. The van der Waals surface area contributed by atoms with Gasteiger partial charge in [0, 0.05) is 0 Å². The van der Waals surface area contributed by atoms with E-state index in [1.54, 1.807) is 16.8 Å². The zero-order valence-corrected chi connectivity index (χ0v) is 15.2. The van der Waals surface area contributed by atoms with Gasteiger partial charge in [0.05, 0.1) is 0 Å². The Labute approximate surface area is 142 Å². The van der Waals surface area contributed by atoms with E-state index in [2.05, 4.69) is 67.2 Å². The standard InChI is InChI=1S/C22H28Si/c1-23(21-8-4-2-5-9-21,22-10-6-3-7-11-22)15-14-18-12-13-19-17-20(19)16-18/h2-11,18-20H,12-17H2,1H3. The Morgan fingerprint density at radius 2 is 1.39 bits per heavy atom. The van der Waals surface area contributed by atoms with Gasteiger partial charge in [0.15, 0.2) is 0 Å². The average molecular weight is 321 g/mol. The van der Waals surface area contributed by atoms with Crippen LogP contribution in [0.15, 0.2) is 60.7 Å². The third-order valence-corrected chi connectivity index (χ3v) is 11.0. The molecule has 1 heteroatoms. The number of rotatable bonds is 5. The molecule has 0 spiro atoms. The van der Waals surface area contributed by atoms with Crippen LogP contribution in [-0.2, 0) is 0 Å². The van der Waals surface area contributed by atoms with Gasteiger partial charge in [-0.15, -0.1) is 0 Å². The fourth-order valence-corrected chi connectivity index (χ4v) is 8.52. The minimum absolute atomic E-state index is 0.998. The maximum Gasteiger partial charge on any atom is 0.115 e. The molecule has 3 unspecified atom stereocenters. The smallest absolute Gasteiger partial charge is 0.0626 e. The summed E-state index contributed by atoms with van der Waals surface area (Å²) in [5.41, 5.74) is 0. The van der Waals surface area contributed by atoms with Gasteiger partial charge in [0.2, 0.25) is 0 Å². The Morgan fingerprint density at radius 1 is 0.783 bits per heavy atom. The van der Waals surface area contributed by atoms with E-state index in [9.17, 15) is 0 Å². The highest BCUT2D eigenvalue weighted by atomic mass is 28.3. The molecule has 2 aliphatic carbocycles. The van der Waals surface area contributed by atoms with Crippen molar-refractivity contribution in [3.8, 4) is 0 Å². The molecule has 0 nitrogen and oxygen atoms in total. The maximum atomic E-state index is 2.58. The van der Waals surface area contributed by atoms with Crippen molar-refractivity contribution in [3.05, 3.63) is 60.7 Å². The van der Waals surface area contributed by atoms with Crippen molar-refractivity contribution in [2.75, 3.05) is 0 Å². The van der Waals surface area contributed by atoms with Crippen LogP contribution in [0.2, 0.25) is 12.6 Å². The van der Waals surface area contributed by atoms with Gasteiger partial charge in [0.25, 0.3) is 0 Å². The van der Waals surface area contributed by atoms with Crippen LogP contribution in [0.1, 0.15) is 32.1 Å². The molecule has 2 aliphatic rings. The van der Waals surface area contributed by atoms with Gasteiger partial charge in [-0.05, 0) is 43.1 Å². The lowest BCUT2D eigenvalue weighted by Gasteiger charge is -2.31. The first-order chi connectivity index (χ1) is 11.3. The fraction of sp³-hybridized carbons (Fsp3) is 0.455. The minimum Gasteiger partial charge on any atom is -0.0626 e. The summed E-state index contributed by atoms with van der Waals surface area (Å²) in [6.07, 6.45) is 7.52. The topological polar surface area (TPSA) is 0 Å². The molecular formula is C22H28Si. The number of benzene rings is 2. The summed E-state index contributed by atoms with van der Waals surface area (Å²) in [5, 5.41) is 3.21. The van der Waals surface area contributed by atoms with E-state index < -0.39 is 8.07 Å². The van der Waals surface area contributed by atoms with Crippen LogP contribution in [0.3, 0.4) is 0 Å². The van der Waals surface area contributed by atoms with E-state index in [-0.39, 0.29) is 0 Å². The molecule has 2 saturated carbocycles. The summed E-state index contributed by atoms with van der Waals surface area (Å²) in [4.78, 5) is 0. The third kappa shape index (κ3) is 3.17. The van der Waals surface area contributed by atoms with Gasteiger partial charge in [-0.2, -0.15) is 0 Å². The minimum atomic E-state index is -1.59. The fourth-order valence-electron chi connectivity index (χ4n) is 4.77. The summed E-state index contributed by atoms with van der Waals surface area (Å²) >= 11 is 0. The molecular weight excluding hydrogens is 292 g/mol. The van der Waals surface area contributed by atoms with E-state index in [1.807, 2.05) is 0 Å². The maximum absolute atomic E-state index is 2.58. The summed E-state index contributed by atoms with van der Waals surface area (Å²) in [6.45, 7) is 2.58. The van der Waals surface area contributed by atoms with Crippen LogP contribution in [0.4, 0.5) is 0 Å². The lowest BCUT2D eigenvalue weighted by molar-refractivity contribution is 0.334. The molecule has 2 fully saturated rings. The van der Waals surface area contributed by atoms with Crippen molar-refractivity contribution in [2.24, 2.45) is 17.8 Å². The molecule has 23 heavy (non-hydrogen) atoms. The van der Waals surface area contributed by atoms with E-state index in [4.69, 9.17) is 0 Å². The molecule has 0 aliphatic heterocycles. The van der Waals surface area contributed by atoms with Crippen LogP contribution in [0.25, 0.3) is 0 Å². The highest BCUT2D eigenvalue weighted by Crippen LogP contribution is 2.52. The highest BCUT2D eigenvalue weighted by Gasteiger charge is 2.42. The van der Waals surface area contributed by atoms with Crippen LogP contribution < -0.4 is 10.4 Å². The van der Waals surface area contributed by atoms with Crippen molar-refractivity contribution in [1.82, 2.24) is 0 Å². The Hall–Kier alpha value is -1.34. The Kier molecular flexibility index (Phi) is 4.15. The van der Waals surface area contributed by atoms with E-state index >= 15 is 0 Å². The summed E-state index contributed by atoms with van der Waals surface area (Å²) < 4.78 is 0. The Balaban J connectivity index is 1.55. The lowest BCUT2D eigenvalue weighted by atomic mass is 9.87. The van der Waals surface area contributed by atoms with Gasteiger partial charge in [-0.1, -0.05) is 90.4 Å². The molecule has 0 heterocycles. The normalized spacial score (nSPS) is 26.6. The summed E-state index contributed by atoms with van der Waals surface area (Å²) in [7, 11) is -1.59. The molecule has 120 valence electrons. The lowest BCUT2D eigenvalue weighted by Crippen LogP contribution is -2.55. The second-order valence-corrected chi connectivity index (χ2v) is 12.4. The summed E-state index contributed by atoms with van der Waals surface area (Å²) in [6, 6.07) is 24.1. The predicted molar refractivity (Wildman–Crippen MR) is 102 cm³/mol. The quantitative estimate of drug-likeness (QED) is 0.700. The van der Waals surface area contributed by atoms with Crippen molar-refractivity contribution in [1.29, 1.82) is 0 Å². The van der Waals surface area contributed by atoms with Gasteiger partial charge >= 0.3 is 0 Å². The summed E-state index contributed by atoms with van der Waals surface area (Å²) in [5.74, 6) is 3.23. The number of fused-ring (bicyclic) bond motifs is 1.